The van der Waals surface area contributed by atoms with E-state index in [0.29, 0.717) is 11.4 Å². The average Bonchev–Trinajstić information content (AvgIpc) is 3.22. The molecule has 126 valence electrons. The highest BCUT2D eigenvalue weighted by atomic mass is 19.1. The summed E-state index contributed by atoms with van der Waals surface area (Å²) in [6.07, 6.45) is 1.64. The number of hydrogen-bond acceptors (Lipinski definition) is 3. The van der Waals surface area contributed by atoms with Crippen LogP contribution >= 0.6 is 0 Å². The van der Waals surface area contributed by atoms with Gasteiger partial charge in [0.05, 0.1) is 6.04 Å². The standard InChI is InChI=1S/C19H17FN4O/c1-11-21-18(24-23-11)13-2-4-14(5-3-13)19(25)22-17-9-7-12-6-8-15(20)10-16(12)17/h2-6,8,10,17H,7,9H2,1H3,(H,22,25)(H,21,23,24). The van der Waals surface area contributed by atoms with Crippen LogP contribution in [0.1, 0.15) is 39.8 Å². The highest BCUT2D eigenvalue weighted by Crippen LogP contribution is 2.31. The lowest BCUT2D eigenvalue weighted by atomic mass is 10.1. The van der Waals surface area contributed by atoms with Crippen molar-refractivity contribution < 1.29 is 9.18 Å². The first-order chi connectivity index (χ1) is 12.1. The average molecular weight is 336 g/mol. The fourth-order valence-electron chi connectivity index (χ4n) is 3.21. The lowest BCUT2D eigenvalue weighted by Gasteiger charge is -2.14. The van der Waals surface area contributed by atoms with Gasteiger partial charge in [0.1, 0.15) is 11.6 Å². The Morgan fingerprint density at radius 1 is 1.24 bits per heavy atom. The number of amides is 1. The van der Waals surface area contributed by atoms with Crippen LogP contribution in [0.4, 0.5) is 4.39 Å². The van der Waals surface area contributed by atoms with E-state index in [-0.39, 0.29) is 17.8 Å². The van der Waals surface area contributed by atoms with Crippen molar-refractivity contribution >= 4 is 5.91 Å². The number of aromatic amines is 1. The molecule has 0 saturated heterocycles. The molecule has 5 nitrogen and oxygen atoms in total. The van der Waals surface area contributed by atoms with E-state index in [4.69, 9.17) is 0 Å². The van der Waals surface area contributed by atoms with Crippen LogP contribution in [0.3, 0.4) is 0 Å². The number of carbonyl (C=O) groups excluding carboxylic acids is 1. The van der Waals surface area contributed by atoms with Gasteiger partial charge in [0.15, 0.2) is 5.82 Å². The SMILES string of the molecule is Cc1nc(-c2ccc(C(=O)NC3CCc4ccc(F)cc43)cc2)n[nH]1. The topological polar surface area (TPSA) is 70.7 Å². The maximum Gasteiger partial charge on any atom is 0.251 e. The molecule has 3 aromatic rings. The number of rotatable bonds is 3. The molecule has 2 N–H and O–H groups in total. The molecule has 1 heterocycles. The Hall–Kier alpha value is -3.02. The highest BCUT2D eigenvalue weighted by molar-refractivity contribution is 5.95. The van der Waals surface area contributed by atoms with E-state index in [1.165, 1.54) is 12.1 Å². The van der Waals surface area contributed by atoms with Crippen molar-refractivity contribution in [3.63, 3.8) is 0 Å². The summed E-state index contributed by atoms with van der Waals surface area (Å²) in [6.45, 7) is 1.83. The molecule has 0 bridgehead atoms. The lowest BCUT2D eigenvalue weighted by Crippen LogP contribution is -2.27. The zero-order valence-electron chi connectivity index (χ0n) is 13.7. The molecule has 1 unspecified atom stereocenters. The second kappa shape index (κ2) is 6.12. The first-order valence-corrected chi connectivity index (χ1v) is 8.19. The van der Waals surface area contributed by atoms with E-state index in [1.54, 1.807) is 18.2 Å². The fourth-order valence-corrected chi connectivity index (χ4v) is 3.21. The zero-order valence-corrected chi connectivity index (χ0v) is 13.7. The molecule has 0 spiro atoms. The second-order valence-corrected chi connectivity index (χ2v) is 6.23. The largest absolute Gasteiger partial charge is 0.345 e. The van der Waals surface area contributed by atoms with Crippen LogP contribution in [0.2, 0.25) is 0 Å². The predicted molar refractivity (Wildman–Crippen MR) is 91.5 cm³/mol. The molecule has 4 rings (SSSR count). The van der Waals surface area contributed by atoms with Crippen LogP contribution in [0.25, 0.3) is 11.4 Å². The van der Waals surface area contributed by atoms with Crippen LogP contribution in [-0.4, -0.2) is 21.1 Å². The van der Waals surface area contributed by atoms with Crippen LogP contribution in [0.15, 0.2) is 42.5 Å². The predicted octanol–water partition coefficient (Wildman–Crippen LogP) is 3.34. The Balaban J connectivity index is 1.50. The quantitative estimate of drug-likeness (QED) is 0.771. The van der Waals surface area contributed by atoms with Gasteiger partial charge in [-0.2, -0.15) is 5.10 Å². The van der Waals surface area contributed by atoms with Crippen molar-refractivity contribution in [2.45, 2.75) is 25.8 Å². The number of fused-ring (bicyclic) bond motifs is 1. The number of benzene rings is 2. The smallest absolute Gasteiger partial charge is 0.251 e. The Bertz CT molecular complexity index is 933. The summed E-state index contributed by atoms with van der Waals surface area (Å²) in [7, 11) is 0. The minimum Gasteiger partial charge on any atom is -0.345 e. The van der Waals surface area contributed by atoms with Gasteiger partial charge in [0, 0.05) is 11.1 Å². The van der Waals surface area contributed by atoms with E-state index in [1.807, 2.05) is 19.1 Å². The minimum absolute atomic E-state index is 0.145. The van der Waals surface area contributed by atoms with E-state index >= 15 is 0 Å². The molecule has 1 atom stereocenters. The Morgan fingerprint density at radius 3 is 2.76 bits per heavy atom. The summed E-state index contributed by atoms with van der Waals surface area (Å²) in [6, 6.07) is 11.8. The number of hydrogen-bond donors (Lipinski definition) is 2. The number of nitrogens with zero attached hydrogens (tertiary/aromatic N) is 2. The van der Waals surface area contributed by atoms with E-state index in [2.05, 4.69) is 20.5 Å². The third-order valence-corrected chi connectivity index (χ3v) is 4.49. The van der Waals surface area contributed by atoms with Gasteiger partial charge < -0.3 is 5.32 Å². The number of aromatic nitrogens is 3. The number of nitrogens with one attached hydrogen (secondary N) is 2. The van der Waals surface area contributed by atoms with Gasteiger partial charge in [-0.1, -0.05) is 18.2 Å². The van der Waals surface area contributed by atoms with Gasteiger partial charge in [0.25, 0.3) is 5.91 Å². The normalized spacial score (nSPS) is 15.8. The molecule has 1 aromatic heterocycles. The minimum atomic E-state index is -0.272. The monoisotopic (exact) mass is 336 g/mol. The maximum atomic E-state index is 13.5. The molecule has 1 aliphatic rings. The van der Waals surface area contributed by atoms with Crippen LogP contribution in [0.5, 0.6) is 0 Å². The number of carbonyl (C=O) groups is 1. The second-order valence-electron chi connectivity index (χ2n) is 6.23. The van der Waals surface area contributed by atoms with Crippen molar-refractivity contribution in [2.24, 2.45) is 0 Å². The molecule has 0 aliphatic heterocycles. The Kier molecular flexibility index (Phi) is 3.80. The summed E-state index contributed by atoms with van der Waals surface area (Å²) < 4.78 is 13.5. The molecule has 0 saturated carbocycles. The summed E-state index contributed by atoms with van der Waals surface area (Å²) in [5.74, 6) is 0.902. The van der Waals surface area contributed by atoms with Gasteiger partial charge in [-0.15, -0.1) is 0 Å². The molecular formula is C19H17FN4O. The van der Waals surface area contributed by atoms with Crippen LogP contribution < -0.4 is 5.32 Å². The van der Waals surface area contributed by atoms with Gasteiger partial charge in [-0.3, -0.25) is 9.89 Å². The van der Waals surface area contributed by atoms with E-state index in [0.717, 1.165) is 35.4 Å². The zero-order chi connectivity index (χ0) is 17.4. The highest BCUT2D eigenvalue weighted by Gasteiger charge is 2.24. The summed E-state index contributed by atoms with van der Waals surface area (Å²) >= 11 is 0. The maximum absolute atomic E-state index is 13.5. The Labute approximate surface area is 144 Å². The van der Waals surface area contributed by atoms with E-state index < -0.39 is 0 Å². The molecule has 2 aromatic carbocycles. The van der Waals surface area contributed by atoms with Gasteiger partial charge in [-0.25, -0.2) is 9.37 Å². The van der Waals surface area contributed by atoms with E-state index in [9.17, 15) is 9.18 Å². The fraction of sp³-hybridized carbons (Fsp3) is 0.211. The van der Waals surface area contributed by atoms with Crippen molar-refractivity contribution in [2.75, 3.05) is 0 Å². The third-order valence-electron chi connectivity index (χ3n) is 4.49. The van der Waals surface area contributed by atoms with Crippen LogP contribution in [0, 0.1) is 12.7 Å². The summed E-state index contributed by atoms with van der Waals surface area (Å²) in [5, 5.41) is 9.90. The first-order valence-electron chi connectivity index (χ1n) is 8.19. The van der Waals surface area contributed by atoms with Crippen molar-refractivity contribution in [1.29, 1.82) is 0 Å². The molecule has 25 heavy (non-hydrogen) atoms. The first kappa shape index (κ1) is 15.5. The molecular weight excluding hydrogens is 319 g/mol. The number of H-pyrrole nitrogens is 1. The number of halogens is 1. The third kappa shape index (κ3) is 3.03. The summed E-state index contributed by atoms with van der Waals surface area (Å²) in [4.78, 5) is 16.8. The lowest BCUT2D eigenvalue weighted by molar-refractivity contribution is 0.0936. The van der Waals surface area contributed by atoms with Crippen molar-refractivity contribution in [3.05, 3.63) is 70.8 Å². The molecule has 1 amide bonds. The van der Waals surface area contributed by atoms with Crippen molar-refractivity contribution in [1.82, 2.24) is 20.5 Å². The summed E-state index contributed by atoms with van der Waals surface area (Å²) in [5.41, 5.74) is 3.37. The molecule has 1 aliphatic carbocycles. The van der Waals surface area contributed by atoms with Crippen molar-refractivity contribution in [3.8, 4) is 11.4 Å². The molecule has 0 fully saturated rings. The Morgan fingerprint density at radius 2 is 2.04 bits per heavy atom. The van der Waals surface area contributed by atoms with Gasteiger partial charge >= 0.3 is 0 Å². The van der Waals surface area contributed by atoms with Gasteiger partial charge in [0.2, 0.25) is 0 Å². The van der Waals surface area contributed by atoms with Gasteiger partial charge in [-0.05, 0) is 55.2 Å². The molecule has 0 radical (unpaired) electrons. The van der Waals surface area contributed by atoms with Crippen LogP contribution in [-0.2, 0) is 6.42 Å². The number of aryl methyl sites for hydroxylation is 2. The molecule has 6 heteroatoms.